The van der Waals surface area contributed by atoms with Crippen LogP contribution in [-0.4, -0.2) is 67.2 Å². The first-order chi connectivity index (χ1) is 18.8. The number of carbonyl (C=O) groups excluding carboxylic acids is 3. The monoisotopic (exact) mass is 558 g/mol. The largest absolute Gasteiger partial charge is 0.457 e. The Hall–Kier alpha value is -3.51. The molecule has 0 heterocycles. The molecule has 0 aromatic heterocycles. The average Bonchev–Trinajstić information content (AvgIpc) is 2.92. The number of rotatable bonds is 14. The number of benzene rings is 2. The van der Waals surface area contributed by atoms with Crippen molar-refractivity contribution in [3.63, 3.8) is 0 Å². The molecule has 2 aromatic carbocycles. The van der Waals surface area contributed by atoms with Gasteiger partial charge in [-0.25, -0.2) is 9.59 Å². The van der Waals surface area contributed by atoms with Gasteiger partial charge < -0.3 is 41.8 Å². The molecule has 2 aromatic rings. The van der Waals surface area contributed by atoms with Gasteiger partial charge in [-0.15, -0.1) is 0 Å². The zero-order valence-electron chi connectivity index (χ0n) is 23.5. The lowest BCUT2D eigenvalue weighted by atomic mass is 9.75. The Morgan fingerprint density at radius 2 is 1.52 bits per heavy atom. The number of aliphatic hydroxyl groups is 1. The third-order valence-corrected chi connectivity index (χ3v) is 6.65. The van der Waals surface area contributed by atoms with Crippen LogP contribution in [0.1, 0.15) is 44.4 Å². The summed E-state index contributed by atoms with van der Waals surface area (Å²) in [5.41, 5.74) is 15.7. The van der Waals surface area contributed by atoms with Crippen LogP contribution < -0.4 is 22.5 Å². The van der Waals surface area contributed by atoms with Crippen molar-refractivity contribution in [2.24, 2.45) is 22.6 Å². The molecule has 11 nitrogen and oxygen atoms in total. The number of ether oxygens (including phenoxy) is 3. The molecule has 0 bridgehead atoms. The minimum absolute atomic E-state index is 0.0413. The van der Waals surface area contributed by atoms with E-state index in [1.165, 1.54) is 7.05 Å². The summed E-state index contributed by atoms with van der Waals surface area (Å²) in [6.45, 7) is 4.38. The van der Waals surface area contributed by atoms with E-state index in [0.29, 0.717) is 0 Å². The maximum absolute atomic E-state index is 13.3. The van der Waals surface area contributed by atoms with Crippen LogP contribution in [0.5, 0.6) is 0 Å². The summed E-state index contributed by atoms with van der Waals surface area (Å²) in [5, 5.41) is 13.5. The Balaban J connectivity index is 2.31. The van der Waals surface area contributed by atoms with Crippen LogP contribution in [0, 0.1) is 5.41 Å². The third-order valence-electron chi connectivity index (χ3n) is 6.65. The summed E-state index contributed by atoms with van der Waals surface area (Å²) >= 11 is 0. The first-order valence-corrected chi connectivity index (χ1v) is 13.1. The molecule has 0 saturated heterocycles. The molecule has 5 unspecified atom stereocenters. The summed E-state index contributed by atoms with van der Waals surface area (Å²) in [4.78, 5) is 37.6. The van der Waals surface area contributed by atoms with Gasteiger partial charge in [-0.05, 0) is 11.1 Å². The number of amides is 2. The molecular weight excluding hydrogens is 516 g/mol. The predicted octanol–water partition coefficient (Wildman–Crippen LogP) is 1.56. The zero-order chi connectivity index (χ0) is 29.9. The Bertz CT molecular complexity index is 1090. The fourth-order valence-corrected chi connectivity index (χ4v) is 4.23. The molecular formula is C29H42N4O7. The highest BCUT2D eigenvalue weighted by Gasteiger charge is 2.55. The number of hydrogen-bond donors (Lipinski definition) is 5. The van der Waals surface area contributed by atoms with Gasteiger partial charge >= 0.3 is 12.1 Å². The molecule has 220 valence electrons. The summed E-state index contributed by atoms with van der Waals surface area (Å²) < 4.78 is 17.1. The van der Waals surface area contributed by atoms with Crippen LogP contribution >= 0.6 is 0 Å². The quantitative estimate of drug-likeness (QED) is 0.169. The lowest BCUT2D eigenvalue weighted by molar-refractivity contribution is -0.191. The molecule has 11 heteroatoms. The smallest absolute Gasteiger partial charge is 0.404 e. The first kappa shape index (κ1) is 32.7. The number of carbonyl (C=O) groups is 3. The Labute approximate surface area is 235 Å². The van der Waals surface area contributed by atoms with Crippen molar-refractivity contribution in [2.45, 2.75) is 63.6 Å². The Morgan fingerprint density at radius 3 is 2.02 bits per heavy atom. The number of primary amides is 1. The molecule has 0 aliphatic heterocycles. The van der Waals surface area contributed by atoms with E-state index in [-0.39, 0.29) is 26.0 Å². The average molecular weight is 559 g/mol. The summed E-state index contributed by atoms with van der Waals surface area (Å²) in [6, 6.07) is 17.9. The minimum atomic E-state index is -2.49. The summed E-state index contributed by atoms with van der Waals surface area (Å²) in [6.07, 6.45) is -3.26. The van der Waals surface area contributed by atoms with E-state index in [1.807, 2.05) is 60.7 Å². The predicted molar refractivity (Wildman–Crippen MR) is 150 cm³/mol. The van der Waals surface area contributed by atoms with Gasteiger partial charge in [0.25, 0.3) is 5.91 Å². The minimum Gasteiger partial charge on any atom is -0.457 e. The van der Waals surface area contributed by atoms with Crippen LogP contribution in [0.4, 0.5) is 4.79 Å². The highest BCUT2D eigenvalue weighted by Crippen LogP contribution is 2.33. The Kier molecular flexibility index (Phi) is 12.1. The highest BCUT2D eigenvalue weighted by molar-refractivity contribution is 6.06. The van der Waals surface area contributed by atoms with E-state index in [0.717, 1.165) is 11.1 Å². The molecule has 5 atom stereocenters. The third kappa shape index (κ3) is 8.75. The van der Waals surface area contributed by atoms with Crippen LogP contribution in [0.15, 0.2) is 60.7 Å². The number of hydrogen-bond acceptors (Lipinski definition) is 9. The maximum atomic E-state index is 13.3. The lowest BCUT2D eigenvalue weighted by Gasteiger charge is -2.37. The van der Waals surface area contributed by atoms with Gasteiger partial charge in [0.05, 0.1) is 6.61 Å². The second-order valence-corrected chi connectivity index (χ2v) is 10.6. The van der Waals surface area contributed by atoms with E-state index >= 15 is 0 Å². The lowest BCUT2D eigenvalue weighted by Crippen LogP contribution is -2.61. The van der Waals surface area contributed by atoms with Gasteiger partial charge in [-0.1, -0.05) is 81.4 Å². The molecule has 2 amide bonds. The van der Waals surface area contributed by atoms with E-state index in [4.69, 9.17) is 31.4 Å². The number of esters is 1. The SMILES string of the molecule is CNC(=O)C(O)(C(=O)OC(COC(CN)C(Cc1ccccc1)OC(N)=O)CC(N)c1ccccc1)C(C)(C)C. The van der Waals surface area contributed by atoms with Gasteiger partial charge in [0, 0.05) is 37.9 Å². The van der Waals surface area contributed by atoms with E-state index in [9.17, 15) is 19.5 Å². The topological polar surface area (TPSA) is 189 Å². The number of nitrogens with two attached hydrogens (primary N) is 3. The van der Waals surface area contributed by atoms with Gasteiger partial charge in [0.15, 0.2) is 0 Å². The van der Waals surface area contributed by atoms with Crippen LogP contribution in [0.2, 0.25) is 0 Å². The van der Waals surface area contributed by atoms with Gasteiger partial charge in [-0.2, -0.15) is 0 Å². The standard InChI is InChI=1S/C29H42N4O7/c1-28(2,3)29(37,25(34)33-4)26(35)39-21(16-22(31)20-13-9-6-10-14-20)18-38-24(17-30)23(40-27(32)36)15-19-11-7-5-8-12-19/h5-14,21-24,37H,15-18,30-31H2,1-4H3,(H2,32,36)(H,33,34). The summed E-state index contributed by atoms with van der Waals surface area (Å²) in [5.74, 6) is -2.05. The van der Waals surface area contributed by atoms with E-state index in [2.05, 4.69) is 5.32 Å². The van der Waals surface area contributed by atoms with Crippen molar-refractivity contribution in [2.75, 3.05) is 20.2 Å². The highest BCUT2D eigenvalue weighted by atomic mass is 16.6. The molecule has 2 rings (SSSR count). The molecule has 0 saturated carbocycles. The normalized spacial score (nSPS) is 16.1. The van der Waals surface area contributed by atoms with Crippen LogP contribution in [0.25, 0.3) is 0 Å². The molecule has 0 aliphatic rings. The van der Waals surface area contributed by atoms with Crippen molar-refractivity contribution < 1.29 is 33.7 Å². The molecule has 0 radical (unpaired) electrons. The van der Waals surface area contributed by atoms with Gasteiger partial charge in [0.1, 0.15) is 18.3 Å². The molecule has 40 heavy (non-hydrogen) atoms. The fourth-order valence-electron chi connectivity index (χ4n) is 4.23. The van der Waals surface area contributed by atoms with Crippen molar-refractivity contribution in [1.82, 2.24) is 5.32 Å². The van der Waals surface area contributed by atoms with E-state index in [1.54, 1.807) is 20.8 Å². The summed E-state index contributed by atoms with van der Waals surface area (Å²) in [7, 11) is 1.32. The van der Waals surface area contributed by atoms with Gasteiger partial charge in [-0.3, -0.25) is 4.79 Å². The first-order valence-electron chi connectivity index (χ1n) is 13.1. The zero-order valence-corrected chi connectivity index (χ0v) is 23.5. The van der Waals surface area contributed by atoms with Crippen molar-refractivity contribution >= 4 is 18.0 Å². The number of likely N-dealkylation sites (N-methyl/N-ethyl adjacent to an activating group) is 1. The van der Waals surface area contributed by atoms with Crippen molar-refractivity contribution in [1.29, 1.82) is 0 Å². The van der Waals surface area contributed by atoms with Crippen LogP contribution in [-0.2, 0) is 30.2 Å². The maximum Gasteiger partial charge on any atom is 0.404 e. The molecule has 0 fully saturated rings. The van der Waals surface area contributed by atoms with Crippen LogP contribution in [0.3, 0.4) is 0 Å². The van der Waals surface area contributed by atoms with Crippen molar-refractivity contribution in [3.05, 3.63) is 71.8 Å². The molecule has 0 aliphatic carbocycles. The number of nitrogens with one attached hydrogen (secondary N) is 1. The van der Waals surface area contributed by atoms with Crippen molar-refractivity contribution in [3.8, 4) is 0 Å². The Morgan fingerprint density at radius 1 is 0.950 bits per heavy atom. The second kappa shape index (κ2) is 14.8. The fraction of sp³-hybridized carbons (Fsp3) is 0.483. The molecule has 0 spiro atoms. The molecule has 8 N–H and O–H groups in total. The second-order valence-electron chi connectivity index (χ2n) is 10.6. The van der Waals surface area contributed by atoms with E-state index < -0.39 is 53.3 Å². The van der Waals surface area contributed by atoms with Gasteiger partial charge in [0.2, 0.25) is 5.60 Å².